The largest absolute Gasteiger partial charge is 2.00 e. The van der Waals surface area contributed by atoms with E-state index in [4.69, 9.17) is 18.6 Å². The summed E-state index contributed by atoms with van der Waals surface area (Å²) in [6.45, 7) is 3.80. The summed E-state index contributed by atoms with van der Waals surface area (Å²) < 4.78 is 32.7. The molecule has 1 radical (unpaired) electrons. The Morgan fingerprint density at radius 3 is 1.60 bits per heavy atom. The molecule has 0 amide bonds. The molecule has 0 bridgehead atoms. The van der Waals surface area contributed by atoms with Gasteiger partial charge < -0.3 is 10.6 Å². The van der Waals surface area contributed by atoms with Gasteiger partial charge in [-0.15, -0.1) is 13.1 Å². The van der Waals surface area contributed by atoms with E-state index in [1.165, 1.54) is 38.5 Å². The van der Waals surface area contributed by atoms with Gasteiger partial charge >= 0.3 is 17.1 Å². The van der Waals surface area contributed by atoms with Gasteiger partial charge in [0.15, 0.2) is 0 Å². The van der Waals surface area contributed by atoms with Crippen molar-refractivity contribution in [2.45, 2.75) is 57.0 Å². The average molecular weight is 426 g/mol. The Labute approximate surface area is 162 Å². The van der Waals surface area contributed by atoms with Crippen molar-refractivity contribution in [3.05, 3.63) is 10.6 Å². The van der Waals surface area contributed by atoms with Crippen LogP contribution in [-0.4, -0.2) is 55.4 Å². The van der Waals surface area contributed by atoms with Crippen LogP contribution in [0.4, 0.5) is 0 Å². The van der Waals surface area contributed by atoms with Gasteiger partial charge in [-0.05, 0) is 18.9 Å². The number of halogens is 1. The predicted molar refractivity (Wildman–Crippen MR) is 85.3 cm³/mol. The maximum Gasteiger partial charge on any atom is 2.00 e. The van der Waals surface area contributed by atoms with E-state index in [0.717, 1.165) is 32.6 Å². The first-order valence-corrected chi connectivity index (χ1v) is 9.68. The fourth-order valence-electron chi connectivity index (χ4n) is 2.52. The van der Waals surface area contributed by atoms with Crippen molar-refractivity contribution in [1.82, 2.24) is 0 Å². The van der Waals surface area contributed by atoms with Gasteiger partial charge in [0.2, 0.25) is 0 Å². The zero-order valence-corrected chi connectivity index (χ0v) is 15.9. The number of piperidine rings is 2. The van der Waals surface area contributed by atoms with Crippen LogP contribution in [0, 0.1) is 10.2 Å². The summed E-state index contributed by atoms with van der Waals surface area (Å²) in [5.41, 5.74) is 0. The van der Waals surface area contributed by atoms with Crippen LogP contribution in [0.1, 0.15) is 44.9 Å². The van der Waals surface area contributed by atoms with Crippen LogP contribution in [-0.2, 0) is 17.1 Å². The number of rotatable bonds is 6. The molecule has 2 unspecified atom stereocenters. The fourth-order valence-corrected chi connectivity index (χ4v) is 2.52. The molecule has 2 rings (SSSR count). The van der Waals surface area contributed by atoms with Crippen LogP contribution in [0.5, 0.6) is 0 Å². The van der Waals surface area contributed by atoms with Crippen molar-refractivity contribution < 1.29 is 45.9 Å². The summed E-state index contributed by atoms with van der Waals surface area (Å²) in [4.78, 5) is 8.93. The molecule has 0 aromatic carbocycles. The van der Waals surface area contributed by atoms with Crippen LogP contribution < -0.4 is 14.0 Å². The van der Waals surface area contributed by atoms with E-state index >= 15 is 0 Å². The Hall–Kier alpha value is -0.0905. The van der Waals surface area contributed by atoms with Crippen LogP contribution in [0.3, 0.4) is 0 Å². The molecule has 0 spiro atoms. The maximum atomic E-state index is 8.60. The molecule has 10 heteroatoms. The molecule has 2 aliphatic heterocycles. The fraction of sp³-hybridized carbons (Fsp3) is 0.867. The number of nitrogens with zero attached hydrogens (tertiary/aromatic N) is 4. The van der Waals surface area contributed by atoms with Crippen molar-refractivity contribution in [2.24, 2.45) is 9.98 Å². The van der Waals surface area contributed by atoms with Crippen molar-refractivity contribution in [3.63, 3.8) is 0 Å². The molecule has 0 aromatic heterocycles. The van der Waals surface area contributed by atoms with E-state index < -0.39 is 10.2 Å². The predicted octanol–water partition coefficient (Wildman–Crippen LogP) is -0.756. The SMILES string of the molecule is C(=NCCCN=CC1CCCC[N-]1)C1CCCC[N-]1.[Cu+2].[O-][Cl+3]([O-])([O-])O. The number of hydrogen-bond donors (Lipinski definition) is 1. The van der Waals surface area contributed by atoms with Crippen molar-refractivity contribution in [2.75, 3.05) is 26.2 Å². The molecule has 2 saturated heterocycles. The summed E-state index contributed by atoms with van der Waals surface area (Å²) in [5, 5.41) is 9.07. The van der Waals surface area contributed by atoms with E-state index in [1.807, 2.05) is 12.4 Å². The Balaban J connectivity index is 0.000000848. The summed E-state index contributed by atoms with van der Waals surface area (Å²) in [5.74, 6) is 0. The molecule has 149 valence electrons. The molecule has 0 aliphatic carbocycles. The Morgan fingerprint density at radius 2 is 1.28 bits per heavy atom. The van der Waals surface area contributed by atoms with Crippen LogP contribution >= 0.6 is 0 Å². The smallest absolute Gasteiger partial charge is 0.655 e. The molecular weight excluding hydrogens is 399 g/mol. The van der Waals surface area contributed by atoms with Crippen LogP contribution in [0.2, 0.25) is 0 Å². The van der Waals surface area contributed by atoms with Crippen LogP contribution in [0.15, 0.2) is 9.98 Å². The minimum absolute atomic E-state index is 0. The molecule has 2 fully saturated rings. The first kappa shape index (κ1) is 24.9. The molecule has 0 saturated carbocycles. The molecule has 8 nitrogen and oxygen atoms in total. The molecule has 25 heavy (non-hydrogen) atoms. The van der Waals surface area contributed by atoms with Gasteiger partial charge in [0.05, 0.1) is 14.9 Å². The topological polar surface area (TPSA) is 142 Å². The van der Waals surface area contributed by atoms with Gasteiger partial charge in [0.25, 0.3) is 0 Å². The second kappa shape index (κ2) is 15.0. The Bertz CT molecular complexity index is 337. The minimum Gasteiger partial charge on any atom is -0.655 e. The third kappa shape index (κ3) is 17.1. The Kier molecular flexibility index (Phi) is 15.0. The summed E-state index contributed by atoms with van der Waals surface area (Å²) >= 11 is 0. The maximum absolute atomic E-state index is 8.60. The molecule has 2 heterocycles. The van der Waals surface area contributed by atoms with Crippen molar-refractivity contribution in [1.29, 1.82) is 0 Å². The van der Waals surface area contributed by atoms with Gasteiger partial charge in [-0.2, -0.15) is 14.0 Å². The quantitative estimate of drug-likeness (QED) is 0.338. The number of hydrogen-bond acceptors (Lipinski definition) is 6. The second-order valence-electron chi connectivity index (χ2n) is 5.80. The first-order valence-electron chi connectivity index (χ1n) is 8.41. The minimum atomic E-state index is -4.69. The second-order valence-corrected chi connectivity index (χ2v) is 6.59. The molecule has 0 aromatic rings. The zero-order chi connectivity index (χ0) is 17.7. The van der Waals surface area contributed by atoms with Gasteiger partial charge in [0, 0.05) is 13.1 Å². The zero-order valence-electron chi connectivity index (χ0n) is 14.2. The molecule has 1 N–H and O–H groups in total. The average Bonchev–Trinajstić information content (AvgIpc) is 2.54. The Morgan fingerprint density at radius 1 is 0.880 bits per heavy atom. The van der Waals surface area contributed by atoms with Gasteiger partial charge in [0.1, 0.15) is 0 Å². The summed E-state index contributed by atoms with van der Waals surface area (Å²) in [6, 6.07) is 0.775. The van der Waals surface area contributed by atoms with E-state index in [2.05, 4.69) is 20.6 Å². The van der Waals surface area contributed by atoms with E-state index in [1.54, 1.807) is 0 Å². The monoisotopic (exact) mass is 425 g/mol. The van der Waals surface area contributed by atoms with Crippen LogP contribution in [0.25, 0.3) is 10.6 Å². The van der Waals surface area contributed by atoms with E-state index in [9.17, 15) is 0 Å². The standard InChI is InChI=1S/C15H26N4.ClHO4.Cu/c1-3-10-18-14(6-1)12-16-8-5-9-17-13-15-7-2-4-11-19-15;2-1(3,4)5;/h12-15H,1-11H2;(H,2,3,4,5);/q-2;;+2. The van der Waals surface area contributed by atoms with Crippen molar-refractivity contribution in [3.8, 4) is 0 Å². The third-order valence-electron chi connectivity index (χ3n) is 3.67. The normalized spacial score (nSPS) is 24.6. The van der Waals surface area contributed by atoms with Gasteiger partial charge in [-0.1, -0.05) is 50.6 Å². The summed E-state index contributed by atoms with van der Waals surface area (Å²) in [7, 11) is -4.69. The van der Waals surface area contributed by atoms with E-state index in [0.29, 0.717) is 12.1 Å². The van der Waals surface area contributed by atoms with E-state index in [-0.39, 0.29) is 17.1 Å². The van der Waals surface area contributed by atoms with Gasteiger partial charge in [-0.25, -0.2) is 0 Å². The summed E-state index contributed by atoms with van der Waals surface area (Å²) in [6.07, 6.45) is 12.6. The first-order chi connectivity index (χ1) is 11.4. The molecule has 2 aliphatic rings. The van der Waals surface area contributed by atoms with Crippen molar-refractivity contribution >= 4 is 12.4 Å². The molecular formula is C15H27ClCuN4O4. The number of aliphatic imine (C=N–C) groups is 2. The molecule has 2 atom stereocenters. The third-order valence-corrected chi connectivity index (χ3v) is 3.67. The van der Waals surface area contributed by atoms with Gasteiger partial charge in [-0.3, -0.25) is 9.98 Å².